The summed E-state index contributed by atoms with van der Waals surface area (Å²) in [6.07, 6.45) is 5.57. The Bertz CT molecular complexity index is 745. The van der Waals surface area contributed by atoms with Gasteiger partial charge in [-0.1, -0.05) is 31.4 Å². The lowest BCUT2D eigenvalue weighted by Gasteiger charge is -2.20. The Hall–Kier alpha value is -2.30. The molecule has 0 bridgehead atoms. The van der Waals surface area contributed by atoms with Crippen LogP contribution in [0.5, 0.6) is 5.75 Å². The standard InChI is InChI=1S/C20H27N3O2/c1-14-19(21-20(24)17-9-5-4-6-10-17)15(2)23(22-14)13-16-8-7-11-18(12-16)25-3/h7-8,11-12,17H,4-6,9-10,13H2,1-3H3,(H,21,24). The van der Waals surface area contributed by atoms with Crippen molar-refractivity contribution < 1.29 is 9.53 Å². The van der Waals surface area contributed by atoms with Gasteiger partial charge in [0.1, 0.15) is 5.75 Å². The van der Waals surface area contributed by atoms with Gasteiger partial charge in [0.05, 0.1) is 30.7 Å². The molecule has 0 atom stereocenters. The van der Waals surface area contributed by atoms with Gasteiger partial charge in [0, 0.05) is 5.92 Å². The number of nitrogens with zero attached hydrogens (tertiary/aromatic N) is 2. The molecule has 1 fully saturated rings. The van der Waals surface area contributed by atoms with Crippen LogP contribution in [0.3, 0.4) is 0 Å². The Morgan fingerprint density at radius 2 is 2.04 bits per heavy atom. The molecule has 0 spiro atoms. The molecule has 2 aromatic rings. The molecule has 134 valence electrons. The van der Waals surface area contributed by atoms with Gasteiger partial charge >= 0.3 is 0 Å². The molecule has 0 unspecified atom stereocenters. The highest BCUT2D eigenvalue weighted by atomic mass is 16.5. The minimum absolute atomic E-state index is 0.145. The van der Waals surface area contributed by atoms with Crippen molar-refractivity contribution in [2.24, 2.45) is 5.92 Å². The van der Waals surface area contributed by atoms with E-state index in [1.54, 1.807) is 7.11 Å². The van der Waals surface area contributed by atoms with Crippen molar-refractivity contribution in [3.05, 3.63) is 41.2 Å². The van der Waals surface area contributed by atoms with E-state index in [1.165, 1.54) is 6.42 Å². The number of benzene rings is 1. The minimum atomic E-state index is 0.145. The van der Waals surface area contributed by atoms with E-state index >= 15 is 0 Å². The highest BCUT2D eigenvalue weighted by Gasteiger charge is 2.23. The predicted octanol–water partition coefficient (Wildman–Crippen LogP) is 4.08. The van der Waals surface area contributed by atoms with Crippen LogP contribution in [0.25, 0.3) is 0 Å². The molecule has 5 nitrogen and oxygen atoms in total. The predicted molar refractivity (Wildman–Crippen MR) is 99.0 cm³/mol. The molecule has 1 aliphatic rings. The smallest absolute Gasteiger partial charge is 0.227 e. The number of hydrogen-bond acceptors (Lipinski definition) is 3. The Balaban J connectivity index is 1.74. The third-order valence-electron chi connectivity index (χ3n) is 5.07. The molecule has 1 amide bonds. The van der Waals surface area contributed by atoms with E-state index in [-0.39, 0.29) is 11.8 Å². The quantitative estimate of drug-likeness (QED) is 0.892. The molecule has 1 aromatic carbocycles. The number of amides is 1. The number of aromatic nitrogens is 2. The summed E-state index contributed by atoms with van der Waals surface area (Å²) in [5, 5.41) is 7.75. The molecule has 1 aromatic heterocycles. The van der Waals surface area contributed by atoms with Crippen molar-refractivity contribution in [3.8, 4) is 5.75 Å². The number of ether oxygens (including phenoxy) is 1. The summed E-state index contributed by atoms with van der Waals surface area (Å²) in [6, 6.07) is 7.97. The van der Waals surface area contributed by atoms with Crippen molar-refractivity contribution in [2.75, 3.05) is 12.4 Å². The SMILES string of the molecule is COc1cccc(Cn2nc(C)c(NC(=O)C3CCCCC3)c2C)c1. The highest BCUT2D eigenvalue weighted by molar-refractivity contribution is 5.93. The van der Waals surface area contributed by atoms with Crippen LogP contribution >= 0.6 is 0 Å². The van der Waals surface area contributed by atoms with Crippen LogP contribution in [-0.4, -0.2) is 22.8 Å². The van der Waals surface area contributed by atoms with Crippen LogP contribution in [0.15, 0.2) is 24.3 Å². The Labute approximate surface area is 149 Å². The van der Waals surface area contributed by atoms with E-state index in [2.05, 4.69) is 16.5 Å². The summed E-state index contributed by atoms with van der Waals surface area (Å²) in [4.78, 5) is 12.6. The van der Waals surface area contributed by atoms with Crippen molar-refractivity contribution in [1.29, 1.82) is 0 Å². The fraction of sp³-hybridized carbons (Fsp3) is 0.500. The average molecular weight is 341 g/mol. The maximum absolute atomic E-state index is 12.6. The van der Waals surface area contributed by atoms with Gasteiger partial charge in [-0.25, -0.2) is 0 Å². The van der Waals surface area contributed by atoms with Crippen molar-refractivity contribution in [2.45, 2.75) is 52.5 Å². The van der Waals surface area contributed by atoms with Crippen molar-refractivity contribution in [1.82, 2.24) is 9.78 Å². The molecule has 3 rings (SSSR count). The zero-order valence-corrected chi connectivity index (χ0v) is 15.3. The summed E-state index contributed by atoms with van der Waals surface area (Å²) in [6.45, 7) is 4.62. The first kappa shape index (κ1) is 17.5. The Morgan fingerprint density at radius 3 is 2.76 bits per heavy atom. The highest BCUT2D eigenvalue weighted by Crippen LogP contribution is 2.27. The second kappa shape index (κ2) is 7.72. The summed E-state index contributed by atoms with van der Waals surface area (Å²) in [5.74, 6) is 1.13. The number of carbonyl (C=O) groups is 1. The average Bonchev–Trinajstić information content (AvgIpc) is 2.90. The van der Waals surface area contributed by atoms with Crippen LogP contribution in [0.4, 0.5) is 5.69 Å². The van der Waals surface area contributed by atoms with Crippen LogP contribution in [0, 0.1) is 19.8 Å². The number of methoxy groups -OCH3 is 1. The molecule has 0 aliphatic heterocycles. The lowest BCUT2D eigenvalue weighted by molar-refractivity contribution is -0.120. The van der Waals surface area contributed by atoms with Crippen LogP contribution in [0.2, 0.25) is 0 Å². The number of hydrogen-bond donors (Lipinski definition) is 1. The molecule has 0 saturated heterocycles. The monoisotopic (exact) mass is 341 g/mol. The number of rotatable bonds is 5. The molecule has 25 heavy (non-hydrogen) atoms. The Morgan fingerprint density at radius 1 is 1.28 bits per heavy atom. The third-order valence-corrected chi connectivity index (χ3v) is 5.07. The second-order valence-corrected chi connectivity index (χ2v) is 6.88. The molecule has 5 heteroatoms. The van der Waals surface area contributed by atoms with E-state index in [9.17, 15) is 4.79 Å². The molecule has 1 aliphatic carbocycles. The molecule has 1 N–H and O–H groups in total. The summed E-state index contributed by atoms with van der Waals surface area (Å²) in [5.41, 5.74) is 3.84. The zero-order valence-electron chi connectivity index (χ0n) is 15.3. The number of aryl methyl sites for hydroxylation is 1. The van der Waals surface area contributed by atoms with Gasteiger partial charge in [0.25, 0.3) is 0 Å². The van der Waals surface area contributed by atoms with Gasteiger partial charge in [-0.3, -0.25) is 9.48 Å². The van der Waals surface area contributed by atoms with E-state index in [1.807, 2.05) is 36.7 Å². The lowest BCUT2D eigenvalue weighted by Crippen LogP contribution is -2.25. The molecule has 0 radical (unpaired) electrons. The van der Waals surface area contributed by atoms with E-state index in [0.29, 0.717) is 6.54 Å². The van der Waals surface area contributed by atoms with Gasteiger partial charge in [-0.05, 0) is 44.4 Å². The van der Waals surface area contributed by atoms with Crippen molar-refractivity contribution in [3.63, 3.8) is 0 Å². The Kier molecular flexibility index (Phi) is 5.41. The van der Waals surface area contributed by atoms with Gasteiger partial charge in [-0.2, -0.15) is 5.10 Å². The first-order valence-corrected chi connectivity index (χ1v) is 9.06. The third kappa shape index (κ3) is 4.03. The maximum atomic E-state index is 12.6. The van der Waals surface area contributed by atoms with Crippen LogP contribution in [-0.2, 0) is 11.3 Å². The number of anilines is 1. The van der Waals surface area contributed by atoms with E-state index in [0.717, 1.165) is 54.1 Å². The molecule has 1 saturated carbocycles. The van der Waals surface area contributed by atoms with E-state index < -0.39 is 0 Å². The first-order chi connectivity index (χ1) is 12.1. The normalized spacial score (nSPS) is 15.2. The van der Waals surface area contributed by atoms with Crippen LogP contribution < -0.4 is 10.1 Å². The minimum Gasteiger partial charge on any atom is -0.497 e. The number of nitrogens with one attached hydrogen (secondary N) is 1. The van der Waals surface area contributed by atoms with Gasteiger partial charge in [0.15, 0.2) is 0 Å². The second-order valence-electron chi connectivity index (χ2n) is 6.88. The van der Waals surface area contributed by atoms with Crippen LogP contribution in [0.1, 0.15) is 49.1 Å². The molecular weight excluding hydrogens is 314 g/mol. The number of carbonyl (C=O) groups excluding carboxylic acids is 1. The largest absolute Gasteiger partial charge is 0.497 e. The summed E-state index contributed by atoms with van der Waals surface area (Å²) in [7, 11) is 1.67. The van der Waals surface area contributed by atoms with Gasteiger partial charge < -0.3 is 10.1 Å². The topological polar surface area (TPSA) is 56.1 Å². The fourth-order valence-corrected chi connectivity index (χ4v) is 3.57. The maximum Gasteiger partial charge on any atom is 0.227 e. The van der Waals surface area contributed by atoms with Crippen molar-refractivity contribution >= 4 is 11.6 Å². The molecular formula is C20H27N3O2. The van der Waals surface area contributed by atoms with Gasteiger partial charge in [0.2, 0.25) is 5.91 Å². The molecule has 1 heterocycles. The zero-order chi connectivity index (χ0) is 17.8. The van der Waals surface area contributed by atoms with E-state index in [4.69, 9.17) is 4.74 Å². The first-order valence-electron chi connectivity index (χ1n) is 9.06. The summed E-state index contributed by atoms with van der Waals surface area (Å²) >= 11 is 0. The fourth-order valence-electron chi connectivity index (χ4n) is 3.57. The van der Waals surface area contributed by atoms with Gasteiger partial charge in [-0.15, -0.1) is 0 Å². The summed E-state index contributed by atoms with van der Waals surface area (Å²) < 4.78 is 7.23. The lowest BCUT2D eigenvalue weighted by atomic mass is 9.88.